The third-order valence-electron chi connectivity index (χ3n) is 6.17. The van der Waals surface area contributed by atoms with Crippen molar-refractivity contribution in [3.63, 3.8) is 0 Å². The van der Waals surface area contributed by atoms with Crippen molar-refractivity contribution in [2.75, 3.05) is 0 Å². The fourth-order valence-corrected chi connectivity index (χ4v) is 4.82. The molecule has 0 saturated heterocycles. The SMILES string of the molecule is [B]c1cc2c(cc1C)CC(CC)=C2C(=C)c1cc(SF)cc(-n2nnc3ccccc32)c1. The average molecular weight is 437 g/mol. The standard InChI is InChI=1S/C26H21BFN3S/c1-4-17-10-19-9-15(2)23(27)14-22(19)26(17)16(3)18-11-20(13-21(12-18)32-28)31-25-8-6-5-7-24(25)29-30-31/h5-9,11-14H,3-4,10H2,1-2H3. The highest BCUT2D eigenvalue weighted by Gasteiger charge is 2.24. The van der Waals surface area contributed by atoms with E-state index in [4.69, 9.17) is 7.85 Å². The highest BCUT2D eigenvalue weighted by Crippen LogP contribution is 2.43. The first-order valence-electron chi connectivity index (χ1n) is 10.6. The Balaban J connectivity index is 1.65. The molecule has 0 spiro atoms. The van der Waals surface area contributed by atoms with Crippen LogP contribution < -0.4 is 5.46 Å². The molecule has 0 fully saturated rings. The summed E-state index contributed by atoms with van der Waals surface area (Å²) in [6.07, 6.45) is 1.81. The second kappa shape index (κ2) is 8.10. The van der Waals surface area contributed by atoms with E-state index in [1.54, 1.807) is 10.7 Å². The molecule has 1 aliphatic rings. The quantitative estimate of drug-likeness (QED) is 0.363. The molecule has 3 aromatic carbocycles. The molecule has 0 saturated carbocycles. The van der Waals surface area contributed by atoms with Crippen LogP contribution in [0.3, 0.4) is 0 Å². The lowest BCUT2D eigenvalue weighted by Gasteiger charge is -2.15. The maximum Gasteiger partial charge on any atom is 0.114 e. The lowest BCUT2D eigenvalue weighted by Crippen LogP contribution is -2.09. The number of aromatic nitrogens is 3. The van der Waals surface area contributed by atoms with Crippen LogP contribution in [-0.4, -0.2) is 22.8 Å². The van der Waals surface area contributed by atoms with Crippen LogP contribution in [0.1, 0.15) is 35.6 Å². The molecule has 5 rings (SSSR count). The minimum Gasteiger partial charge on any atom is -0.213 e. The maximum atomic E-state index is 13.8. The van der Waals surface area contributed by atoms with Crippen LogP contribution in [0, 0.1) is 6.92 Å². The van der Waals surface area contributed by atoms with E-state index in [9.17, 15) is 3.89 Å². The van der Waals surface area contributed by atoms with Crippen LogP contribution in [0.25, 0.3) is 27.9 Å². The number of nitrogens with zero attached hydrogens (tertiary/aromatic N) is 3. The molecule has 6 heteroatoms. The normalized spacial score (nSPS) is 13.1. The second-order valence-corrected chi connectivity index (χ2v) is 8.76. The third kappa shape index (κ3) is 3.39. The number of allylic oxidation sites excluding steroid dienone is 3. The van der Waals surface area contributed by atoms with E-state index in [1.807, 2.05) is 49.4 Å². The van der Waals surface area contributed by atoms with Crippen molar-refractivity contribution in [3.8, 4) is 5.69 Å². The van der Waals surface area contributed by atoms with Gasteiger partial charge in [-0.3, -0.25) is 0 Å². The number of aryl methyl sites for hydroxylation is 1. The van der Waals surface area contributed by atoms with Gasteiger partial charge in [-0.1, -0.05) is 59.6 Å². The summed E-state index contributed by atoms with van der Waals surface area (Å²) in [4.78, 5) is 0.499. The van der Waals surface area contributed by atoms with Gasteiger partial charge in [0.25, 0.3) is 0 Å². The highest BCUT2D eigenvalue weighted by atomic mass is 32.2. The zero-order valence-electron chi connectivity index (χ0n) is 18.0. The van der Waals surface area contributed by atoms with Gasteiger partial charge < -0.3 is 0 Å². The molecule has 0 atom stereocenters. The van der Waals surface area contributed by atoms with Gasteiger partial charge in [0.2, 0.25) is 0 Å². The van der Waals surface area contributed by atoms with Crippen molar-refractivity contribution in [2.45, 2.75) is 31.6 Å². The van der Waals surface area contributed by atoms with Gasteiger partial charge in [0, 0.05) is 4.90 Å². The Morgan fingerprint density at radius 3 is 2.78 bits per heavy atom. The Labute approximate surface area is 192 Å². The zero-order valence-corrected chi connectivity index (χ0v) is 18.8. The first-order chi connectivity index (χ1) is 15.5. The zero-order chi connectivity index (χ0) is 22.4. The molecular formula is C26H21BFN3S. The van der Waals surface area contributed by atoms with E-state index >= 15 is 0 Å². The van der Waals surface area contributed by atoms with Gasteiger partial charge in [-0.05, 0) is 77.9 Å². The number of benzene rings is 3. The first kappa shape index (κ1) is 20.8. The lowest BCUT2D eigenvalue weighted by molar-refractivity contribution is 0.821. The summed E-state index contributed by atoms with van der Waals surface area (Å²) in [7, 11) is 6.24. The van der Waals surface area contributed by atoms with Gasteiger partial charge in [-0.25, -0.2) is 4.68 Å². The molecular weight excluding hydrogens is 416 g/mol. The molecule has 32 heavy (non-hydrogen) atoms. The van der Waals surface area contributed by atoms with E-state index in [-0.39, 0.29) is 12.1 Å². The largest absolute Gasteiger partial charge is 0.213 e. The number of hydrogen-bond donors (Lipinski definition) is 0. The third-order valence-corrected chi connectivity index (χ3v) is 6.59. The molecule has 1 aromatic heterocycles. The summed E-state index contributed by atoms with van der Waals surface area (Å²) in [5.41, 5.74) is 10.8. The van der Waals surface area contributed by atoms with Gasteiger partial charge >= 0.3 is 0 Å². The van der Waals surface area contributed by atoms with Crippen LogP contribution >= 0.6 is 12.1 Å². The van der Waals surface area contributed by atoms with E-state index in [1.165, 1.54) is 11.1 Å². The van der Waals surface area contributed by atoms with Gasteiger partial charge in [0.05, 0.1) is 23.4 Å². The van der Waals surface area contributed by atoms with Crippen molar-refractivity contribution >= 4 is 47.6 Å². The van der Waals surface area contributed by atoms with Crippen molar-refractivity contribution in [1.29, 1.82) is 0 Å². The second-order valence-electron chi connectivity index (χ2n) is 8.14. The Morgan fingerprint density at radius 2 is 2.00 bits per heavy atom. The summed E-state index contributed by atoms with van der Waals surface area (Å²) in [6, 6.07) is 17.6. The number of halogens is 1. The Hall–Kier alpha value is -3.12. The molecule has 1 heterocycles. The summed E-state index contributed by atoms with van der Waals surface area (Å²) in [6.45, 7) is 8.63. The van der Waals surface area contributed by atoms with Gasteiger partial charge in [0.1, 0.15) is 13.4 Å². The van der Waals surface area contributed by atoms with Crippen LogP contribution in [0.4, 0.5) is 3.89 Å². The topological polar surface area (TPSA) is 30.7 Å². The number of para-hydroxylation sites is 1. The molecule has 0 unspecified atom stereocenters. The van der Waals surface area contributed by atoms with Crippen molar-refractivity contribution in [2.24, 2.45) is 0 Å². The number of hydrogen-bond acceptors (Lipinski definition) is 3. The van der Waals surface area contributed by atoms with Crippen LogP contribution in [0.5, 0.6) is 0 Å². The smallest absolute Gasteiger partial charge is 0.114 e. The monoisotopic (exact) mass is 437 g/mol. The average Bonchev–Trinajstić information content (AvgIpc) is 3.39. The van der Waals surface area contributed by atoms with Crippen molar-refractivity contribution in [1.82, 2.24) is 15.0 Å². The molecule has 4 aromatic rings. The maximum absolute atomic E-state index is 13.8. The lowest BCUT2D eigenvalue weighted by atomic mass is 9.85. The molecule has 1 aliphatic carbocycles. The fourth-order valence-electron chi connectivity index (χ4n) is 4.48. The van der Waals surface area contributed by atoms with Gasteiger partial charge in [-0.2, -0.15) is 3.89 Å². The first-order valence-corrected chi connectivity index (χ1v) is 11.3. The Bertz CT molecular complexity index is 1420. The van der Waals surface area contributed by atoms with Crippen molar-refractivity contribution < 1.29 is 3.89 Å². The molecule has 0 amide bonds. The van der Waals surface area contributed by atoms with Gasteiger partial charge in [0.15, 0.2) is 0 Å². The summed E-state index contributed by atoms with van der Waals surface area (Å²) >= 11 is 0.218. The van der Waals surface area contributed by atoms with Crippen LogP contribution in [-0.2, 0) is 6.42 Å². The summed E-state index contributed by atoms with van der Waals surface area (Å²) in [5.74, 6) is 0. The molecule has 2 radical (unpaired) electrons. The fraction of sp³-hybridized carbons (Fsp3) is 0.154. The summed E-state index contributed by atoms with van der Waals surface area (Å²) < 4.78 is 15.5. The molecule has 0 N–H and O–H groups in total. The van der Waals surface area contributed by atoms with Crippen LogP contribution in [0.2, 0.25) is 0 Å². The van der Waals surface area contributed by atoms with E-state index in [0.717, 1.165) is 62.9 Å². The Morgan fingerprint density at radius 1 is 1.19 bits per heavy atom. The highest BCUT2D eigenvalue weighted by molar-refractivity contribution is 7.94. The molecule has 0 aliphatic heterocycles. The summed E-state index contributed by atoms with van der Waals surface area (Å²) in [5, 5.41) is 8.55. The number of rotatable bonds is 5. The van der Waals surface area contributed by atoms with E-state index in [2.05, 4.69) is 29.9 Å². The predicted octanol–water partition coefficient (Wildman–Crippen LogP) is 5.93. The van der Waals surface area contributed by atoms with Crippen LogP contribution in [0.15, 0.2) is 71.6 Å². The number of fused-ring (bicyclic) bond motifs is 2. The van der Waals surface area contributed by atoms with Crippen molar-refractivity contribution in [3.05, 3.63) is 89.0 Å². The Kier molecular flexibility index (Phi) is 5.26. The minimum absolute atomic E-state index is 0.218. The minimum atomic E-state index is 0.218. The molecule has 156 valence electrons. The predicted molar refractivity (Wildman–Crippen MR) is 132 cm³/mol. The van der Waals surface area contributed by atoms with E-state index in [0.29, 0.717) is 4.90 Å². The molecule has 0 bridgehead atoms. The molecule has 3 nitrogen and oxygen atoms in total. The van der Waals surface area contributed by atoms with Gasteiger partial charge in [-0.15, -0.1) is 5.10 Å². The van der Waals surface area contributed by atoms with E-state index < -0.39 is 0 Å².